The summed E-state index contributed by atoms with van der Waals surface area (Å²) in [5.74, 6) is -1.03. The van der Waals surface area contributed by atoms with Crippen LogP contribution in [-0.2, 0) is 0 Å². The van der Waals surface area contributed by atoms with Crippen LogP contribution in [-0.4, -0.2) is 29.1 Å². The summed E-state index contributed by atoms with van der Waals surface area (Å²) in [6, 6.07) is 2.67. The highest BCUT2D eigenvalue weighted by molar-refractivity contribution is 7.99. The predicted molar refractivity (Wildman–Crippen MR) is 62.8 cm³/mol. The molecule has 0 amide bonds. The van der Waals surface area contributed by atoms with Crippen molar-refractivity contribution >= 4 is 35.9 Å². The second-order valence-corrected chi connectivity index (χ2v) is 4.84. The fourth-order valence-corrected chi connectivity index (χ4v) is 2.31. The first kappa shape index (κ1) is 14.7. The molecule has 0 saturated carbocycles. The number of rotatable bonds is 3. The third-order valence-corrected chi connectivity index (χ3v) is 3.51. The molecule has 0 aromatic heterocycles. The lowest BCUT2D eigenvalue weighted by Crippen LogP contribution is -2.31. The molecular weight excluding hydrogens is 275 g/mol. The Bertz CT molecular complexity index is 412. The van der Waals surface area contributed by atoms with Gasteiger partial charge in [-0.25, -0.2) is 0 Å². The van der Waals surface area contributed by atoms with E-state index >= 15 is 0 Å². The fraction of sp³-hybridized carbons (Fsp3) is 0.333. The summed E-state index contributed by atoms with van der Waals surface area (Å²) in [4.78, 5) is 0.329. The number of thioether (sulfide) groups is 1. The molecule has 8 heteroatoms. The van der Waals surface area contributed by atoms with E-state index in [1.54, 1.807) is 6.92 Å². The minimum absolute atomic E-state index is 0.00180. The fourth-order valence-electron chi connectivity index (χ4n) is 1.18. The minimum atomic E-state index is -4.27. The molecule has 0 atom stereocenters. The Morgan fingerprint density at radius 3 is 2.41 bits per heavy atom. The topological polar surface area (TPSA) is 40.5 Å². The van der Waals surface area contributed by atoms with Gasteiger partial charge in [-0.05, 0) is 24.6 Å². The van der Waals surface area contributed by atoms with E-state index in [0.29, 0.717) is 22.2 Å². The van der Waals surface area contributed by atoms with Crippen molar-refractivity contribution in [2.45, 2.75) is 18.0 Å². The third kappa shape index (κ3) is 4.42. The molecule has 0 heterocycles. The molecule has 0 bridgehead atoms. The van der Waals surface area contributed by atoms with Gasteiger partial charge in [0.05, 0.1) is 5.75 Å². The first-order valence-corrected chi connectivity index (χ1v) is 5.93. The van der Waals surface area contributed by atoms with Gasteiger partial charge < -0.3 is 10.0 Å². The predicted octanol–water partition coefficient (Wildman–Crippen LogP) is 1.98. The standard InChI is InChI=1S/C9H9BClF3O2S/c1-5-2-7(11)6(10(15)16)3-8(5)17-4-9(12,13)14/h2-3,15-16H,4H2,1H3. The van der Waals surface area contributed by atoms with E-state index < -0.39 is 19.0 Å². The number of hydrogen-bond donors (Lipinski definition) is 2. The van der Waals surface area contributed by atoms with Gasteiger partial charge in [-0.2, -0.15) is 13.2 Å². The molecule has 1 aromatic carbocycles. The molecule has 0 unspecified atom stereocenters. The lowest BCUT2D eigenvalue weighted by molar-refractivity contribution is -0.105. The zero-order valence-corrected chi connectivity index (χ0v) is 10.3. The van der Waals surface area contributed by atoms with Crippen molar-refractivity contribution in [1.82, 2.24) is 0 Å². The number of benzene rings is 1. The Hall–Kier alpha value is -0.365. The summed E-state index contributed by atoms with van der Waals surface area (Å²) in [6.07, 6.45) is -4.27. The van der Waals surface area contributed by atoms with Crippen molar-refractivity contribution in [3.63, 3.8) is 0 Å². The maximum absolute atomic E-state index is 12.1. The van der Waals surface area contributed by atoms with Gasteiger partial charge in [0, 0.05) is 15.4 Å². The van der Waals surface area contributed by atoms with Gasteiger partial charge in [-0.15, -0.1) is 11.8 Å². The molecule has 2 N–H and O–H groups in total. The molecule has 0 aliphatic rings. The summed E-state index contributed by atoms with van der Waals surface area (Å²) in [7, 11) is -1.80. The Kier molecular flexibility index (Phi) is 4.77. The molecule has 0 saturated heterocycles. The van der Waals surface area contributed by atoms with Gasteiger partial charge in [0.15, 0.2) is 0 Å². The van der Waals surface area contributed by atoms with E-state index in [-0.39, 0.29) is 10.5 Å². The van der Waals surface area contributed by atoms with Gasteiger partial charge in [0.25, 0.3) is 0 Å². The van der Waals surface area contributed by atoms with Crippen molar-refractivity contribution in [3.05, 3.63) is 22.7 Å². The van der Waals surface area contributed by atoms with E-state index in [1.165, 1.54) is 12.1 Å². The van der Waals surface area contributed by atoms with Gasteiger partial charge in [0.2, 0.25) is 0 Å². The Morgan fingerprint density at radius 2 is 1.94 bits per heavy atom. The SMILES string of the molecule is Cc1cc(Cl)c(B(O)O)cc1SCC(F)(F)F. The average molecular weight is 284 g/mol. The van der Waals surface area contributed by atoms with Gasteiger partial charge >= 0.3 is 13.3 Å². The lowest BCUT2D eigenvalue weighted by Gasteiger charge is -2.11. The summed E-state index contributed by atoms with van der Waals surface area (Å²) < 4.78 is 36.2. The van der Waals surface area contributed by atoms with Crippen molar-refractivity contribution in [2.24, 2.45) is 0 Å². The largest absolute Gasteiger partial charge is 0.489 e. The molecule has 94 valence electrons. The van der Waals surface area contributed by atoms with Crippen LogP contribution in [0.15, 0.2) is 17.0 Å². The highest BCUT2D eigenvalue weighted by atomic mass is 35.5. The van der Waals surface area contributed by atoms with E-state index in [9.17, 15) is 13.2 Å². The maximum Gasteiger partial charge on any atom is 0.489 e. The van der Waals surface area contributed by atoms with E-state index in [1.807, 2.05) is 0 Å². The Morgan fingerprint density at radius 1 is 1.35 bits per heavy atom. The van der Waals surface area contributed by atoms with Gasteiger partial charge in [0.1, 0.15) is 0 Å². The van der Waals surface area contributed by atoms with E-state index in [4.69, 9.17) is 21.6 Å². The quantitative estimate of drug-likeness (QED) is 0.659. The van der Waals surface area contributed by atoms with Crippen LogP contribution in [0.5, 0.6) is 0 Å². The first-order chi connectivity index (χ1) is 7.70. The third-order valence-electron chi connectivity index (χ3n) is 1.96. The molecule has 1 aromatic rings. The highest BCUT2D eigenvalue weighted by Gasteiger charge is 2.28. The van der Waals surface area contributed by atoms with Gasteiger partial charge in [-0.1, -0.05) is 11.6 Å². The summed E-state index contributed by atoms with van der Waals surface area (Å²) in [5, 5.41) is 18.1. The zero-order chi connectivity index (χ0) is 13.2. The average Bonchev–Trinajstić information content (AvgIpc) is 2.14. The number of alkyl halides is 3. The summed E-state index contributed by atoms with van der Waals surface area (Å²) >= 11 is 6.32. The van der Waals surface area contributed by atoms with Crippen LogP contribution in [0.2, 0.25) is 5.02 Å². The Labute approximate surface area is 106 Å². The second kappa shape index (κ2) is 5.52. The highest BCUT2D eigenvalue weighted by Crippen LogP contribution is 2.30. The van der Waals surface area contributed by atoms with Crippen LogP contribution in [0.25, 0.3) is 0 Å². The molecule has 1 rings (SSSR count). The zero-order valence-electron chi connectivity index (χ0n) is 8.75. The molecule has 0 aliphatic heterocycles. The van der Waals surface area contributed by atoms with Crippen molar-refractivity contribution in [3.8, 4) is 0 Å². The van der Waals surface area contributed by atoms with Crippen LogP contribution in [0, 0.1) is 6.92 Å². The smallest absolute Gasteiger partial charge is 0.423 e. The summed E-state index contributed by atoms with van der Waals surface area (Å²) in [6.45, 7) is 1.61. The van der Waals surface area contributed by atoms with Gasteiger partial charge in [-0.3, -0.25) is 0 Å². The van der Waals surface area contributed by atoms with Crippen LogP contribution in [0.4, 0.5) is 13.2 Å². The molecule has 0 radical (unpaired) electrons. The second-order valence-electron chi connectivity index (χ2n) is 3.42. The molecule has 0 aliphatic carbocycles. The number of hydrogen-bond acceptors (Lipinski definition) is 3. The van der Waals surface area contributed by atoms with Crippen LogP contribution in [0.1, 0.15) is 5.56 Å². The molecule has 17 heavy (non-hydrogen) atoms. The summed E-state index contributed by atoms with van der Waals surface area (Å²) in [5.41, 5.74) is 0.565. The van der Waals surface area contributed by atoms with E-state index in [0.717, 1.165) is 0 Å². The monoisotopic (exact) mass is 284 g/mol. The Balaban J connectivity index is 2.96. The maximum atomic E-state index is 12.1. The number of halogens is 4. The van der Waals surface area contributed by atoms with E-state index in [2.05, 4.69) is 0 Å². The van der Waals surface area contributed by atoms with Crippen molar-refractivity contribution in [1.29, 1.82) is 0 Å². The van der Waals surface area contributed by atoms with Crippen molar-refractivity contribution < 1.29 is 23.2 Å². The molecular formula is C9H9BClF3O2S. The van der Waals surface area contributed by atoms with Crippen LogP contribution in [0.3, 0.4) is 0 Å². The van der Waals surface area contributed by atoms with Crippen LogP contribution >= 0.6 is 23.4 Å². The normalized spacial score (nSPS) is 11.7. The molecule has 0 fully saturated rings. The minimum Gasteiger partial charge on any atom is -0.423 e. The van der Waals surface area contributed by atoms with Crippen LogP contribution < -0.4 is 5.46 Å². The van der Waals surface area contributed by atoms with Crippen molar-refractivity contribution in [2.75, 3.05) is 5.75 Å². The lowest BCUT2D eigenvalue weighted by atomic mass is 9.80. The number of aryl methyl sites for hydroxylation is 1. The molecule has 0 spiro atoms. The molecule has 2 nitrogen and oxygen atoms in total. The first-order valence-electron chi connectivity index (χ1n) is 4.56.